The summed E-state index contributed by atoms with van der Waals surface area (Å²) in [6.45, 7) is 6.32. The van der Waals surface area contributed by atoms with Crippen LogP contribution in [0.4, 0.5) is 19.0 Å². The van der Waals surface area contributed by atoms with Crippen molar-refractivity contribution < 1.29 is 13.2 Å². The molecule has 3 heterocycles. The van der Waals surface area contributed by atoms with Gasteiger partial charge in [0, 0.05) is 38.1 Å². The summed E-state index contributed by atoms with van der Waals surface area (Å²) in [5, 5.41) is 6.59. The van der Waals surface area contributed by atoms with Crippen LogP contribution in [0, 0.1) is 6.92 Å². The molecule has 6 nitrogen and oxygen atoms in total. The fourth-order valence-corrected chi connectivity index (χ4v) is 3.53. The molecular weight excluding hydrogens is 544 g/mol. The Balaban J connectivity index is 0.00000341. The molecule has 0 aliphatic carbocycles. The van der Waals surface area contributed by atoms with Crippen LogP contribution in [0.1, 0.15) is 30.2 Å². The summed E-state index contributed by atoms with van der Waals surface area (Å²) in [5.74, 6) is 1.03. The highest BCUT2D eigenvalue weighted by atomic mass is 127. The second-order valence-corrected chi connectivity index (χ2v) is 7.47. The molecule has 0 aromatic carbocycles. The lowest BCUT2D eigenvalue weighted by Gasteiger charge is -2.21. The van der Waals surface area contributed by atoms with Gasteiger partial charge < -0.3 is 15.5 Å². The highest BCUT2D eigenvalue weighted by Gasteiger charge is 2.33. The van der Waals surface area contributed by atoms with Gasteiger partial charge in [-0.1, -0.05) is 17.7 Å². The van der Waals surface area contributed by atoms with E-state index in [2.05, 4.69) is 25.6 Å². The monoisotopic (exact) mass is 568 g/mol. The average Bonchev–Trinajstić information content (AvgIpc) is 3.14. The van der Waals surface area contributed by atoms with E-state index >= 15 is 0 Å². The lowest BCUT2D eigenvalue weighted by molar-refractivity contribution is -0.137. The number of pyridine rings is 2. The van der Waals surface area contributed by atoms with Gasteiger partial charge in [-0.15, -0.1) is 24.0 Å². The van der Waals surface area contributed by atoms with Crippen LogP contribution in [0.15, 0.2) is 35.6 Å². The second-order valence-electron chi connectivity index (χ2n) is 7.07. The third-order valence-electron chi connectivity index (χ3n) is 4.83. The summed E-state index contributed by atoms with van der Waals surface area (Å²) >= 11 is 6.08. The third kappa shape index (κ3) is 6.83. The molecule has 1 unspecified atom stereocenters. The molecule has 1 atom stereocenters. The van der Waals surface area contributed by atoms with Gasteiger partial charge in [0.25, 0.3) is 0 Å². The van der Waals surface area contributed by atoms with Crippen molar-refractivity contribution in [3.63, 3.8) is 0 Å². The van der Waals surface area contributed by atoms with Crippen molar-refractivity contribution in [3.05, 3.63) is 52.4 Å². The maximum absolute atomic E-state index is 12.8. The van der Waals surface area contributed by atoms with Crippen LogP contribution in [-0.4, -0.2) is 41.6 Å². The first-order valence-electron chi connectivity index (χ1n) is 9.71. The number of aliphatic imine (C=N–C) groups is 1. The topological polar surface area (TPSA) is 65.4 Å². The zero-order valence-electron chi connectivity index (χ0n) is 17.2. The SMILES string of the molecule is CCNC(=NCc1ncccc1C)NC1CCN(c2ncc(C(F)(F)F)cc2Cl)C1.I. The summed E-state index contributed by atoms with van der Waals surface area (Å²) < 4.78 is 38.5. The van der Waals surface area contributed by atoms with E-state index in [4.69, 9.17) is 11.6 Å². The van der Waals surface area contributed by atoms with Gasteiger partial charge in [0.2, 0.25) is 0 Å². The van der Waals surface area contributed by atoms with E-state index in [1.165, 1.54) is 0 Å². The Hall–Kier alpha value is -1.82. The molecule has 0 amide bonds. The number of halogens is 5. The zero-order valence-corrected chi connectivity index (χ0v) is 20.3. The molecule has 170 valence electrons. The molecule has 0 radical (unpaired) electrons. The Morgan fingerprint density at radius 2 is 2.13 bits per heavy atom. The minimum atomic E-state index is -4.46. The Morgan fingerprint density at radius 3 is 2.77 bits per heavy atom. The molecule has 11 heteroatoms. The molecule has 1 saturated heterocycles. The molecule has 0 bridgehead atoms. The first-order chi connectivity index (χ1) is 14.3. The number of guanidine groups is 1. The second kappa shape index (κ2) is 11.2. The van der Waals surface area contributed by atoms with Crippen molar-refractivity contribution in [2.45, 2.75) is 39.0 Å². The molecule has 2 aromatic heterocycles. The number of hydrogen-bond donors (Lipinski definition) is 2. The van der Waals surface area contributed by atoms with Gasteiger partial charge in [0.05, 0.1) is 22.8 Å². The zero-order chi connectivity index (χ0) is 21.7. The van der Waals surface area contributed by atoms with E-state index in [1.807, 2.05) is 30.9 Å². The molecule has 1 aliphatic rings. The normalized spacial score (nSPS) is 16.8. The molecule has 3 rings (SSSR count). The Kier molecular flexibility index (Phi) is 9.16. The van der Waals surface area contributed by atoms with E-state index in [1.54, 1.807) is 6.20 Å². The van der Waals surface area contributed by atoms with Crippen LogP contribution in [0.3, 0.4) is 0 Å². The first-order valence-corrected chi connectivity index (χ1v) is 10.1. The fraction of sp³-hybridized carbons (Fsp3) is 0.450. The summed E-state index contributed by atoms with van der Waals surface area (Å²) in [6, 6.07) is 4.87. The van der Waals surface area contributed by atoms with Crippen LogP contribution in [0.5, 0.6) is 0 Å². The average molecular weight is 569 g/mol. The number of aryl methyl sites for hydroxylation is 1. The number of nitrogens with one attached hydrogen (secondary N) is 2. The Morgan fingerprint density at radius 1 is 1.35 bits per heavy atom. The maximum Gasteiger partial charge on any atom is 0.417 e. The summed E-state index contributed by atoms with van der Waals surface area (Å²) in [6.07, 6.45) is -1.12. The number of hydrogen-bond acceptors (Lipinski definition) is 4. The van der Waals surface area contributed by atoms with Gasteiger partial charge in [-0.2, -0.15) is 13.2 Å². The smallest absolute Gasteiger partial charge is 0.357 e. The molecule has 1 fully saturated rings. The molecule has 2 N–H and O–H groups in total. The Bertz CT molecular complexity index is 909. The molecule has 31 heavy (non-hydrogen) atoms. The summed E-state index contributed by atoms with van der Waals surface area (Å²) in [7, 11) is 0. The standard InChI is InChI=1S/C20H24ClF3N6.HI/c1-3-25-19(28-11-17-13(2)5-4-7-26-17)29-15-6-8-30(12-15)18-16(21)9-14(10-27-18)20(22,23)24;/h4-5,7,9-10,15H,3,6,8,11-12H2,1-2H3,(H2,25,28,29);1H. The number of rotatable bonds is 5. The highest BCUT2D eigenvalue weighted by Crippen LogP contribution is 2.34. The maximum atomic E-state index is 12.8. The van der Waals surface area contributed by atoms with Gasteiger partial charge in [0.15, 0.2) is 5.96 Å². The van der Waals surface area contributed by atoms with E-state index < -0.39 is 11.7 Å². The van der Waals surface area contributed by atoms with Gasteiger partial charge in [-0.3, -0.25) is 4.98 Å². The molecule has 0 saturated carbocycles. The minimum absolute atomic E-state index is 0. The number of aromatic nitrogens is 2. The number of alkyl halides is 3. The van der Waals surface area contributed by atoms with Crippen molar-refractivity contribution >= 4 is 47.4 Å². The van der Waals surface area contributed by atoms with Crippen molar-refractivity contribution in [2.24, 2.45) is 4.99 Å². The largest absolute Gasteiger partial charge is 0.417 e. The summed E-state index contributed by atoms with van der Waals surface area (Å²) in [5.41, 5.74) is 1.13. The Labute approximate surface area is 201 Å². The molecule has 1 aliphatic heterocycles. The predicted molar refractivity (Wildman–Crippen MR) is 127 cm³/mol. The van der Waals surface area contributed by atoms with Crippen LogP contribution in [-0.2, 0) is 12.7 Å². The van der Waals surface area contributed by atoms with Crippen LogP contribution >= 0.6 is 35.6 Å². The predicted octanol–water partition coefficient (Wildman–Crippen LogP) is 4.41. The lowest BCUT2D eigenvalue weighted by Crippen LogP contribution is -2.44. The summed E-state index contributed by atoms with van der Waals surface area (Å²) in [4.78, 5) is 14.8. The van der Waals surface area contributed by atoms with E-state index in [0.29, 0.717) is 38.0 Å². The van der Waals surface area contributed by atoms with Crippen molar-refractivity contribution in [1.29, 1.82) is 0 Å². The molecule has 2 aromatic rings. The van der Waals surface area contributed by atoms with E-state index in [0.717, 1.165) is 29.9 Å². The van der Waals surface area contributed by atoms with Gasteiger partial charge in [-0.05, 0) is 38.0 Å². The third-order valence-corrected chi connectivity index (χ3v) is 5.10. The van der Waals surface area contributed by atoms with Crippen LogP contribution in [0.2, 0.25) is 5.02 Å². The van der Waals surface area contributed by atoms with Gasteiger partial charge in [-0.25, -0.2) is 9.98 Å². The van der Waals surface area contributed by atoms with Crippen molar-refractivity contribution in [3.8, 4) is 0 Å². The minimum Gasteiger partial charge on any atom is -0.357 e. The van der Waals surface area contributed by atoms with Crippen molar-refractivity contribution in [2.75, 3.05) is 24.5 Å². The number of nitrogens with zero attached hydrogens (tertiary/aromatic N) is 4. The van der Waals surface area contributed by atoms with Crippen LogP contribution < -0.4 is 15.5 Å². The van der Waals surface area contributed by atoms with E-state index in [-0.39, 0.29) is 35.0 Å². The van der Waals surface area contributed by atoms with Gasteiger partial charge >= 0.3 is 6.18 Å². The number of anilines is 1. The first kappa shape index (κ1) is 25.4. The molecular formula is C20H25ClF3IN6. The van der Waals surface area contributed by atoms with Crippen molar-refractivity contribution in [1.82, 2.24) is 20.6 Å². The van der Waals surface area contributed by atoms with Gasteiger partial charge in [0.1, 0.15) is 5.82 Å². The lowest BCUT2D eigenvalue weighted by atomic mass is 10.2. The van der Waals surface area contributed by atoms with Crippen LogP contribution in [0.25, 0.3) is 0 Å². The molecule has 0 spiro atoms. The van der Waals surface area contributed by atoms with E-state index in [9.17, 15) is 13.2 Å². The quantitative estimate of drug-likeness (QED) is 0.318. The fourth-order valence-electron chi connectivity index (χ4n) is 3.24. The highest BCUT2D eigenvalue weighted by molar-refractivity contribution is 14.0.